The van der Waals surface area contributed by atoms with Crippen molar-refractivity contribution in [3.05, 3.63) is 35.5 Å². The van der Waals surface area contributed by atoms with Crippen molar-refractivity contribution in [2.75, 3.05) is 11.9 Å². The summed E-state index contributed by atoms with van der Waals surface area (Å²) >= 11 is 6.04. The number of hydrogen-bond donors (Lipinski definition) is 3. The van der Waals surface area contributed by atoms with E-state index in [1.807, 2.05) is 0 Å². The third kappa shape index (κ3) is 3.89. The molecule has 3 N–H and O–H groups in total. The number of hydrogen-bond acceptors (Lipinski definition) is 5. The first-order chi connectivity index (χ1) is 13.1. The second-order valence-corrected chi connectivity index (χ2v) is 7.41. The number of halogens is 2. The van der Waals surface area contributed by atoms with Crippen LogP contribution in [-0.4, -0.2) is 37.7 Å². The Morgan fingerprint density at radius 1 is 1.26 bits per heavy atom. The van der Waals surface area contributed by atoms with Gasteiger partial charge >= 0.3 is 0 Å². The molecule has 6 nitrogen and oxygen atoms in total. The number of nitrogens with zero attached hydrogens (tertiary/aromatic N) is 3. The van der Waals surface area contributed by atoms with Gasteiger partial charge in [0.15, 0.2) is 17.5 Å². The second kappa shape index (κ2) is 7.78. The van der Waals surface area contributed by atoms with Gasteiger partial charge in [0.05, 0.1) is 17.3 Å². The van der Waals surface area contributed by atoms with Crippen LogP contribution in [0.25, 0.3) is 22.4 Å². The molecule has 27 heavy (non-hydrogen) atoms. The van der Waals surface area contributed by atoms with E-state index in [1.54, 1.807) is 18.5 Å². The number of pyridine rings is 1. The van der Waals surface area contributed by atoms with Crippen LogP contribution in [0.4, 0.5) is 10.2 Å². The average Bonchev–Trinajstić information content (AvgIpc) is 3.08. The number of rotatable bonds is 5. The molecule has 3 heterocycles. The van der Waals surface area contributed by atoms with Crippen molar-refractivity contribution in [2.24, 2.45) is 5.92 Å². The van der Waals surface area contributed by atoms with Crippen molar-refractivity contribution < 1.29 is 9.50 Å². The van der Waals surface area contributed by atoms with Gasteiger partial charge in [-0.25, -0.2) is 19.3 Å². The second-order valence-electron chi connectivity index (χ2n) is 6.97. The molecule has 2 atom stereocenters. The number of anilines is 1. The molecule has 4 rings (SSSR count). The highest BCUT2D eigenvalue weighted by atomic mass is 35.5. The largest absolute Gasteiger partial charge is 0.393 e. The smallest absolute Gasteiger partial charge is 0.183 e. The first-order valence-corrected chi connectivity index (χ1v) is 9.57. The summed E-state index contributed by atoms with van der Waals surface area (Å²) in [7, 11) is 0. The van der Waals surface area contributed by atoms with E-state index >= 15 is 0 Å². The predicted molar refractivity (Wildman–Crippen MR) is 103 cm³/mol. The van der Waals surface area contributed by atoms with Gasteiger partial charge in [-0.05, 0) is 31.2 Å². The Hall–Kier alpha value is -2.25. The fourth-order valence-corrected chi connectivity index (χ4v) is 3.84. The molecule has 1 aliphatic rings. The molecular weight excluding hydrogens is 369 g/mol. The topological polar surface area (TPSA) is 86.7 Å². The molecule has 0 aromatic carbocycles. The number of nitrogens with one attached hydrogen (secondary N) is 2. The zero-order valence-corrected chi connectivity index (χ0v) is 15.5. The Bertz CT molecular complexity index is 947. The highest BCUT2D eigenvalue weighted by Crippen LogP contribution is 2.29. The molecule has 3 aromatic heterocycles. The standard InChI is InChI=1S/C19H21ClFN5O/c20-12-7-13-14(9-24-17(13)23-8-12)18-25-10-15(21)19(26-18)22-6-5-11-3-1-2-4-16(11)27/h7-11,16,27H,1-6H2,(H,23,24)(H,22,25,26). The molecule has 1 aliphatic carbocycles. The zero-order chi connectivity index (χ0) is 18.8. The van der Waals surface area contributed by atoms with E-state index in [2.05, 4.69) is 25.3 Å². The summed E-state index contributed by atoms with van der Waals surface area (Å²) in [6.45, 7) is 0.552. The van der Waals surface area contributed by atoms with E-state index in [-0.39, 0.29) is 17.8 Å². The Kier molecular flexibility index (Phi) is 5.22. The first kappa shape index (κ1) is 18.1. The molecular formula is C19H21ClFN5O. The lowest BCUT2D eigenvalue weighted by atomic mass is 9.84. The van der Waals surface area contributed by atoms with Crippen molar-refractivity contribution in [1.29, 1.82) is 0 Å². The first-order valence-electron chi connectivity index (χ1n) is 9.19. The van der Waals surface area contributed by atoms with Crippen molar-refractivity contribution >= 4 is 28.5 Å². The van der Waals surface area contributed by atoms with Crippen LogP contribution < -0.4 is 5.32 Å². The van der Waals surface area contributed by atoms with Gasteiger partial charge in [-0.1, -0.05) is 24.4 Å². The van der Waals surface area contributed by atoms with E-state index in [1.165, 1.54) is 0 Å². The van der Waals surface area contributed by atoms with Crippen LogP contribution in [0.1, 0.15) is 32.1 Å². The van der Waals surface area contributed by atoms with Crippen molar-refractivity contribution in [1.82, 2.24) is 19.9 Å². The number of aromatic amines is 1. The Morgan fingerprint density at radius 2 is 2.11 bits per heavy atom. The van der Waals surface area contributed by atoms with Crippen molar-refractivity contribution in [2.45, 2.75) is 38.2 Å². The van der Waals surface area contributed by atoms with Crippen LogP contribution in [0.2, 0.25) is 5.02 Å². The molecule has 8 heteroatoms. The summed E-state index contributed by atoms with van der Waals surface area (Å²) in [5.41, 5.74) is 1.38. The fourth-order valence-electron chi connectivity index (χ4n) is 3.68. The molecule has 1 fully saturated rings. The van der Waals surface area contributed by atoms with Crippen LogP contribution in [0.15, 0.2) is 24.7 Å². The third-order valence-corrected chi connectivity index (χ3v) is 5.37. The maximum atomic E-state index is 14.2. The summed E-state index contributed by atoms with van der Waals surface area (Å²) in [6, 6.07) is 1.78. The number of aliphatic hydroxyl groups is 1. The molecule has 1 saturated carbocycles. The Balaban J connectivity index is 1.51. The molecule has 0 amide bonds. The highest BCUT2D eigenvalue weighted by Gasteiger charge is 2.22. The summed E-state index contributed by atoms with van der Waals surface area (Å²) in [5, 5.41) is 14.4. The third-order valence-electron chi connectivity index (χ3n) is 5.16. The molecule has 0 spiro atoms. The molecule has 142 valence electrons. The SMILES string of the molecule is OC1CCCCC1CCNc1nc(-c2c[nH]c3ncc(Cl)cc23)ncc1F. The minimum Gasteiger partial charge on any atom is -0.393 e. The summed E-state index contributed by atoms with van der Waals surface area (Å²) in [4.78, 5) is 15.7. The van der Waals surface area contributed by atoms with Gasteiger partial charge in [-0.15, -0.1) is 0 Å². The Labute approximate surface area is 161 Å². The minimum absolute atomic E-state index is 0.162. The summed E-state index contributed by atoms with van der Waals surface area (Å²) in [6.07, 6.45) is 9.09. The fraction of sp³-hybridized carbons (Fsp3) is 0.421. The molecule has 3 aromatic rings. The predicted octanol–water partition coefficient (Wildman–Crippen LogP) is 4.17. The normalized spacial score (nSPS) is 20.1. The summed E-state index contributed by atoms with van der Waals surface area (Å²) < 4.78 is 14.2. The van der Waals surface area contributed by atoms with Crippen LogP contribution in [0.5, 0.6) is 0 Å². The lowest BCUT2D eigenvalue weighted by Crippen LogP contribution is -2.26. The van der Waals surface area contributed by atoms with Gasteiger partial charge in [-0.2, -0.15) is 0 Å². The van der Waals surface area contributed by atoms with Gasteiger partial charge in [0, 0.05) is 29.9 Å². The molecule has 2 unspecified atom stereocenters. The van der Waals surface area contributed by atoms with Crippen LogP contribution in [0, 0.1) is 11.7 Å². The highest BCUT2D eigenvalue weighted by molar-refractivity contribution is 6.31. The van der Waals surface area contributed by atoms with Gasteiger partial charge in [0.2, 0.25) is 0 Å². The lowest BCUT2D eigenvalue weighted by molar-refractivity contribution is 0.0671. The lowest BCUT2D eigenvalue weighted by Gasteiger charge is -2.27. The van der Waals surface area contributed by atoms with E-state index in [4.69, 9.17) is 11.6 Å². The summed E-state index contributed by atoms with van der Waals surface area (Å²) in [5.74, 6) is 0.318. The van der Waals surface area contributed by atoms with E-state index < -0.39 is 5.82 Å². The number of aliphatic hydroxyl groups excluding tert-OH is 1. The van der Waals surface area contributed by atoms with E-state index in [0.717, 1.165) is 43.7 Å². The van der Waals surface area contributed by atoms with Crippen molar-refractivity contribution in [3.63, 3.8) is 0 Å². The number of fused-ring (bicyclic) bond motifs is 1. The number of H-pyrrole nitrogens is 1. The monoisotopic (exact) mass is 389 g/mol. The van der Waals surface area contributed by atoms with Crippen LogP contribution in [0.3, 0.4) is 0 Å². The van der Waals surface area contributed by atoms with E-state index in [0.29, 0.717) is 28.6 Å². The Morgan fingerprint density at radius 3 is 2.96 bits per heavy atom. The van der Waals surface area contributed by atoms with Gasteiger partial charge in [0.25, 0.3) is 0 Å². The van der Waals surface area contributed by atoms with Gasteiger partial charge in [-0.3, -0.25) is 0 Å². The van der Waals surface area contributed by atoms with Gasteiger partial charge < -0.3 is 15.4 Å². The minimum atomic E-state index is -0.501. The molecule has 0 saturated heterocycles. The maximum Gasteiger partial charge on any atom is 0.183 e. The average molecular weight is 390 g/mol. The van der Waals surface area contributed by atoms with Gasteiger partial charge in [0.1, 0.15) is 5.65 Å². The molecule has 0 radical (unpaired) electrons. The molecule has 0 aliphatic heterocycles. The van der Waals surface area contributed by atoms with Crippen molar-refractivity contribution in [3.8, 4) is 11.4 Å². The van der Waals surface area contributed by atoms with Crippen LogP contribution in [-0.2, 0) is 0 Å². The van der Waals surface area contributed by atoms with Crippen LogP contribution >= 0.6 is 11.6 Å². The number of aromatic nitrogens is 4. The van der Waals surface area contributed by atoms with E-state index in [9.17, 15) is 9.50 Å². The molecule has 0 bridgehead atoms. The zero-order valence-electron chi connectivity index (χ0n) is 14.8. The maximum absolute atomic E-state index is 14.2. The quantitative estimate of drug-likeness (QED) is 0.609.